The van der Waals surface area contributed by atoms with Crippen molar-refractivity contribution in [1.29, 1.82) is 0 Å². The van der Waals surface area contributed by atoms with Gasteiger partial charge in [-0.05, 0) is 48.7 Å². The maximum atomic E-state index is 13.6. The molecule has 1 aromatic heterocycles. The van der Waals surface area contributed by atoms with Gasteiger partial charge in [0.05, 0.1) is 19.1 Å². The van der Waals surface area contributed by atoms with Gasteiger partial charge in [-0.3, -0.25) is 9.59 Å². The highest BCUT2D eigenvalue weighted by Crippen LogP contribution is 2.46. The van der Waals surface area contributed by atoms with Crippen molar-refractivity contribution < 1.29 is 28.8 Å². The van der Waals surface area contributed by atoms with E-state index in [0.717, 1.165) is 11.1 Å². The fraction of sp³-hybridized carbons (Fsp3) is 0.280. The van der Waals surface area contributed by atoms with Gasteiger partial charge in [0.15, 0.2) is 11.5 Å². The number of carbonyl (C=O) groups is 1. The molecule has 3 heterocycles. The number of phenolic OH excluding ortho intramolecular Hbond substituents is 1. The third-order valence-corrected chi connectivity index (χ3v) is 6.09. The molecule has 0 amide bonds. The second-order valence-corrected chi connectivity index (χ2v) is 8.12. The van der Waals surface area contributed by atoms with Crippen LogP contribution in [0.15, 0.2) is 47.3 Å². The molecule has 2 aliphatic rings. The van der Waals surface area contributed by atoms with E-state index in [2.05, 4.69) is 0 Å². The van der Waals surface area contributed by atoms with Crippen molar-refractivity contribution in [3.05, 3.63) is 75.2 Å². The Morgan fingerprint density at radius 1 is 1.09 bits per heavy atom. The number of phenols is 1. The minimum Gasteiger partial charge on any atom is -0.508 e. The van der Waals surface area contributed by atoms with Gasteiger partial charge in [-0.15, -0.1) is 0 Å². The van der Waals surface area contributed by atoms with E-state index in [0.29, 0.717) is 41.5 Å². The van der Waals surface area contributed by atoms with Crippen LogP contribution in [-0.2, 0) is 17.8 Å². The number of rotatable bonds is 5. The monoisotopic (exact) mass is 449 g/mol. The molecule has 1 atom stereocenters. The SMILES string of the molecule is COc1cc([C@H]2CC(=O)Oc3cc(C)n(CCc4ccc(O)cc4)c(=O)c32)cc2c1OCO2. The Hall–Kier alpha value is -3.94. The number of methoxy groups -OCH3 is 1. The van der Waals surface area contributed by atoms with E-state index in [4.69, 9.17) is 18.9 Å². The predicted molar refractivity (Wildman–Crippen MR) is 118 cm³/mol. The molecule has 8 heteroatoms. The van der Waals surface area contributed by atoms with Crippen molar-refractivity contribution in [3.8, 4) is 28.7 Å². The molecule has 170 valence electrons. The summed E-state index contributed by atoms with van der Waals surface area (Å²) in [5, 5.41) is 9.49. The molecule has 2 aromatic carbocycles. The molecule has 2 aliphatic heterocycles. The van der Waals surface area contributed by atoms with Crippen LogP contribution in [0.4, 0.5) is 0 Å². The zero-order valence-electron chi connectivity index (χ0n) is 18.3. The number of esters is 1. The van der Waals surface area contributed by atoms with Crippen LogP contribution in [0.1, 0.15) is 34.7 Å². The Labute approximate surface area is 189 Å². The number of benzene rings is 2. The summed E-state index contributed by atoms with van der Waals surface area (Å²) in [6.07, 6.45) is 0.647. The van der Waals surface area contributed by atoms with Gasteiger partial charge in [-0.2, -0.15) is 0 Å². The van der Waals surface area contributed by atoms with E-state index in [1.165, 1.54) is 7.11 Å². The zero-order valence-corrected chi connectivity index (χ0v) is 18.3. The fourth-order valence-corrected chi connectivity index (χ4v) is 4.41. The summed E-state index contributed by atoms with van der Waals surface area (Å²) in [5.41, 5.74) is 2.67. The smallest absolute Gasteiger partial charge is 0.312 e. The standard InChI is InChI=1S/C25H23NO7/c1-14-9-19-23(25(29)26(14)8-7-15-3-5-17(27)6-4-15)18(12-22(28)33-19)16-10-20(30-2)24-21(11-16)31-13-32-24/h3-6,9-11,18,27H,7-8,12-13H2,1-2H3/t18-/m1/s1. The molecule has 0 radical (unpaired) electrons. The highest BCUT2D eigenvalue weighted by atomic mass is 16.7. The summed E-state index contributed by atoms with van der Waals surface area (Å²) >= 11 is 0. The second kappa shape index (κ2) is 8.20. The lowest BCUT2D eigenvalue weighted by molar-refractivity contribution is -0.135. The van der Waals surface area contributed by atoms with Gasteiger partial charge in [0.1, 0.15) is 11.5 Å². The van der Waals surface area contributed by atoms with Gasteiger partial charge in [0.25, 0.3) is 5.56 Å². The molecule has 5 rings (SSSR count). The van der Waals surface area contributed by atoms with Crippen molar-refractivity contribution in [2.75, 3.05) is 13.9 Å². The molecule has 0 saturated heterocycles. The minimum absolute atomic E-state index is 0.0338. The summed E-state index contributed by atoms with van der Waals surface area (Å²) in [6, 6.07) is 12.2. The van der Waals surface area contributed by atoms with Gasteiger partial charge >= 0.3 is 5.97 Å². The van der Waals surface area contributed by atoms with E-state index in [-0.39, 0.29) is 30.3 Å². The molecule has 0 bridgehead atoms. The molecular weight excluding hydrogens is 426 g/mol. The normalized spacial score (nSPS) is 16.3. The van der Waals surface area contributed by atoms with E-state index in [9.17, 15) is 14.7 Å². The molecule has 33 heavy (non-hydrogen) atoms. The number of aromatic hydroxyl groups is 1. The van der Waals surface area contributed by atoms with Gasteiger partial charge in [0.2, 0.25) is 12.5 Å². The number of ether oxygens (including phenoxy) is 4. The Bertz CT molecular complexity index is 1290. The van der Waals surface area contributed by atoms with Crippen molar-refractivity contribution in [3.63, 3.8) is 0 Å². The highest BCUT2D eigenvalue weighted by Gasteiger charge is 2.34. The number of aryl methyl sites for hydroxylation is 2. The predicted octanol–water partition coefficient (Wildman–Crippen LogP) is 3.28. The van der Waals surface area contributed by atoms with Crippen LogP contribution in [0.2, 0.25) is 0 Å². The number of hydrogen-bond acceptors (Lipinski definition) is 7. The van der Waals surface area contributed by atoms with E-state index in [1.54, 1.807) is 34.9 Å². The Morgan fingerprint density at radius 3 is 2.64 bits per heavy atom. The van der Waals surface area contributed by atoms with Crippen molar-refractivity contribution in [2.24, 2.45) is 0 Å². The number of carbonyl (C=O) groups excluding carboxylic acids is 1. The maximum Gasteiger partial charge on any atom is 0.312 e. The molecule has 0 aliphatic carbocycles. The van der Waals surface area contributed by atoms with Crippen LogP contribution < -0.4 is 24.5 Å². The molecule has 3 aromatic rings. The first-order chi connectivity index (χ1) is 15.9. The van der Waals surface area contributed by atoms with Gasteiger partial charge in [-0.25, -0.2) is 0 Å². The summed E-state index contributed by atoms with van der Waals surface area (Å²) in [7, 11) is 1.53. The summed E-state index contributed by atoms with van der Waals surface area (Å²) in [4.78, 5) is 26.0. The van der Waals surface area contributed by atoms with E-state index < -0.39 is 11.9 Å². The van der Waals surface area contributed by atoms with Crippen LogP contribution in [0.5, 0.6) is 28.7 Å². The molecule has 0 spiro atoms. The van der Waals surface area contributed by atoms with Crippen molar-refractivity contribution in [1.82, 2.24) is 4.57 Å². The van der Waals surface area contributed by atoms with Crippen LogP contribution in [0.25, 0.3) is 0 Å². The van der Waals surface area contributed by atoms with E-state index >= 15 is 0 Å². The largest absolute Gasteiger partial charge is 0.508 e. The van der Waals surface area contributed by atoms with Crippen LogP contribution in [0.3, 0.4) is 0 Å². The fourth-order valence-electron chi connectivity index (χ4n) is 4.41. The lowest BCUT2D eigenvalue weighted by Crippen LogP contribution is -2.33. The maximum absolute atomic E-state index is 13.6. The average Bonchev–Trinajstić information content (AvgIpc) is 3.27. The van der Waals surface area contributed by atoms with Crippen molar-refractivity contribution in [2.45, 2.75) is 32.2 Å². The Kier molecular flexibility index (Phi) is 5.20. The summed E-state index contributed by atoms with van der Waals surface area (Å²) in [6.45, 7) is 2.36. The molecule has 0 saturated carbocycles. The number of nitrogens with zero attached hydrogens (tertiary/aromatic N) is 1. The van der Waals surface area contributed by atoms with Crippen molar-refractivity contribution >= 4 is 5.97 Å². The zero-order chi connectivity index (χ0) is 23.1. The number of fused-ring (bicyclic) bond motifs is 2. The summed E-state index contributed by atoms with van der Waals surface area (Å²) < 4.78 is 23.6. The Morgan fingerprint density at radius 2 is 1.88 bits per heavy atom. The lowest BCUT2D eigenvalue weighted by Gasteiger charge is -2.26. The van der Waals surface area contributed by atoms with Crippen LogP contribution in [-0.4, -0.2) is 29.5 Å². The topological polar surface area (TPSA) is 96.2 Å². The highest BCUT2D eigenvalue weighted by molar-refractivity contribution is 5.78. The van der Waals surface area contributed by atoms with Gasteiger partial charge in [-0.1, -0.05) is 12.1 Å². The molecule has 8 nitrogen and oxygen atoms in total. The minimum atomic E-state index is -0.502. The molecule has 0 fully saturated rings. The molecule has 0 unspecified atom stereocenters. The van der Waals surface area contributed by atoms with Crippen LogP contribution >= 0.6 is 0 Å². The first-order valence-corrected chi connectivity index (χ1v) is 10.6. The third-order valence-electron chi connectivity index (χ3n) is 6.09. The summed E-state index contributed by atoms with van der Waals surface area (Å²) in [5.74, 6) is 1.10. The number of hydrogen-bond donors (Lipinski definition) is 1. The quantitative estimate of drug-likeness (QED) is 0.597. The number of pyridine rings is 1. The lowest BCUT2D eigenvalue weighted by atomic mass is 9.86. The van der Waals surface area contributed by atoms with Gasteiger partial charge < -0.3 is 28.6 Å². The number of aromatic nitrogens is 1. The first-order valence-electron chi connectivity index (χ1n) is 10.6. The first kappa shape index (κ1) is 20.9. The second-order valence-electron chi connectivity index (χ2n) is 8.12. The molecule has 1 N–H and O–H groups in total. The Balaban J connectivity index is 1.56. The third kappa shape index (κ3) is 3.77. The van der Waals surface area contributed by atoms with E-state index in [1.807, 2.05) is 19.1 Å². The van der Waals surface area contributed by atoms with Gasteiger partial charge in [0, 0.05) is 24.2 Å². The average molecular weight is 449 g/mol. The molecular formula is C25H23NO7. The van der Waals surface area contributed by atoms with Crippen LogP contribution in [0, 0.1) is 6.92 Å².